The molecule has 1 atom stereocenters. The summed E-state index contributed by atoms with van der Waals surface area (Å²) in [7, 11) is 0. The molecule has 0 bridgehead atoms. The molecule has 1 heterocycles. The minimum absolute atomic E-state index is 0.0843. The standard InChI is InChI=1S/C17H35N3O2/c1-16(21)22-17-8-6-4-2-3-5-7-10-18-12-14-20-15-13-19-11-9-17/h17-20H,2-15H2,1H3. The molecule has 1 aliphatic rings. The summed E-state index contributed by atoms with van der Waals surface area (Å²) >= 11 is 0. The van der Waals surface area contributed by atoms with Gasteiger partial charge < -0.3 is 20.7 Å². The van der Waals surface area contributed by atoms with E-state index in [-0.39, 0.29) is 12.1 Å². The number of carbonyl (C=O) groups is 1. The van der Waals surface area contributed by atoms with Crippen LogP contribution in [0.25, 0.3) is 0 Å². The number of hydrogen-bond acceptors (Lipinski definition) is 5. The summed E-state index contributed by atoms with van der Waals surface area (Å²) in [5.74, 6) is -0.152. The van der Waals surface area contributed by atoms with E-state index in [1.165, 1.54) is 39.0 Å². The second-order valence-corrected chi connectivity index (χ2v) is 6.18. The van der Waals surface area contributed by atoms with Crippen LogP contribution in [-0.4, -0.2) is 51.3 Å². The molecule has 0 spiro atoms. The Morgan fingerprint density at radius 2 is 1.27 bits per heavy atom. The van der Waals surface area contributed by atoms with E-state index >= 15 is 0 Å². The Bertz CT molecular complexity index is 257. The minimum atomic E-state index is -0.152. The molecule has 0 saturated carbocycles. The first kappa shape index (κ1) is 19.4. The van der Waals surface area contributed by atoms with Crippen LogP contribution < -0.4 is 16.0 Å². The Hall–Kier alpha value is -0.650. The number of carbonyl (C=O) groups excluding carboxylic acids is 1. The van der Waals surface area contributed by atoms with Gasteiger partial charge in [-0.25, -0.2) is 0 Å². The lowest BCUT2D eigenvalue weighted by molar-refractivity contribution is -0.146. The second-order valence-electron chi connectivity index (χ2n) is 6.18. The molecule has 0 amide bonds. The fourth-order valence-corrected chi connectivity index (χ4v) is 2.82. The molecular formula is C17H35N3O2. The van der Waals surface area contributed by atoms with Gasteiger partial charge in [-0.3, -0.25) is 4.79 Å². The fourth-order valence-electron chi connectivity index (χ4n) is 2.82. The van der Waals surface area contributed by atoms with Gasteiger partial charge in [-0.2, -0.15) is 0 Å². The van der Waals surface area contributed by atoms with Crippen LogP contribution in [-0.2, 0) is 9.53 Å². The normalized spacial score (nSPS) is 24.9. The topological polar surface area (TPSA) is 62.4 Å². The highest BCUT2D eigenvalue weighted by atomic mass is 16.5. The van der Waals surface area contributed by atoms with Gasteiger partial charge in [0.1, 0.15) is 6.10 Å². The molecule has 1 saturated heterocycles. The molecule has 5 heteroatoms. The molecule has 1 rings (SSSR count). The molecule has 0 aromatic heterocycles. The smallest absolute Gasteiger partial charge is 0.302 e. The molecular weight excluding hydrogens is 278 g/mol. The van der Waals surface area contributed by atoms with Crippen molar-refractivity contribution in [3.05, 3.63) is 0 Å². The molecule has 0 radical (unpaired) electrons. The van der Waals surface area contributed by atoms with Crippen LogP contribution in [0.4, 0.5) is 0 Å². The van der Waals surface area contributed by atoms with Crippen molar-refractivity contribution in [3.63, 3.8) is 0 Å². The van der Waals surface area contributed by atoms with Crippen molar-refractivity contribution in [1.29, 1.82) is 0 Å². The van der Waals surface area contributed by atoms with E-state index in [1.807, 2.05) is 0 Å². The fraction of sp³-hybridized carbons (Fsp3) is 0.941. The molecule has 0 aromatic carbocycles. The van der Waals surface area contributed by atoms with Crippen LogP contribution in [0.3, 0.4) is 0 Å². The summed E-state index contributed by atoms with van der Waals surface area (Å²) in [5.41, 5.74) is 0. The number of esters is 1. The SMILES string of the molecule is CC(=O)OC1CCCCCCCCNCCNCCNCC1. The zero-order valence-corrected chi connectivity index (χ0v) is 14.3. The summed E-state index contributed by atoms with van der Waals surface area (Å²) < 4.78 is 5.43. The van der Waals surface area contributed by atoms with Crippen molar-refractivity contribution >= 4 is 5.97 Å². The maximum absolute atomic E-state index is 11.2. The van der Waals surface area contributed by atoms with Gasteiger partial charge in [0.25, 0.3) is 0 Å². The third-order valence-corrected chi connectivity index (χ3v) is 4.06. The average Bonchev–Trinajstić information content (AvgIpc) is 2.48. The predicted octanol–water partition coefficient (Wildman–Crippen LogP) is 1.82. The molecule has 130 valence electrons. The summed E-state index contributed by atoms with van der Waals surface area (Å²) in [6.07, 6.45) is 9.63. The molecule has 1 aliphatic heterocycles. The molecule has 0 aromatic rings. The van der Waals surface area contributed by atoms with Crippen LogP contribution >= 0.6 is 0 Å². The number of hydrogen-bond donors (Lipinski definition) is 3. The summed E-state index contributed by atoms with van der Waals surface area (Å²) in [4.78, 5) is 11.2. The zero-order valence-electron chi connectivity index (χ0n) is 14.3. The van der Waals surface area contributed by atoms with Gasteiger partial charge in [0.05, 0.1) is 0 Å². The predicted molar refractivity (Wildman–Crippen MR) is 91.1 cm³/mol. The van der Waals surface area contributed by atoms with Gasteiger partial charge in [0, 0.05) is 33.1 Å². The highest BCUT2D eigenvalue weighted by Crippen LogP contribution is 2.12. The maximum atomic E-state index is 11.2. The van der Waals surface area contributed by atoms with E-state index in [4.69, 9.17) is 4.74 Å². The molecule has 1 unspecified atom stereocenters. The maximum Gasteiger partial charge on any atom is 0.302 e. The van der Waals surface area contributed by atoms with Crippen molar-refractivity contribution in [2.75, 3.05) is 39.3 Å². The van der Waals surface area contributed by atoms with Crippen LogP contribution in [0.5, 0.6) is 0 Å². The average molecular weight is 313 g/mol. The highest BCUT2D eigenvalue weighted by molar-refractivity contribution is 5.66. The van der Waals surface area contributed by atoms with E-state index in [1.54, 1.807) is 0 Å². The van der Waals surface area contributed by atoms with Crippen molar-refractivity contribution in [2.45, 2.75) is 64.4 Å². The largest absolute Gasteiger partial charge is 0.463 e. The van der Waals surface area contributed by atoms with Gasteiger partial charge in [-0.1, -0.05) is 25.7 Å². The summed E-state index contributed by atoms with van der Waals surface area (Å²) in [6, 6.07) is 0. The Kier molecular flexibility index (Phi) is 12.3. The van der Waals surface area contributed by atoms with E-state index in [2.05, 4.69) is 16.0 Å². The second kappa shape index (κ2) is 14.0. The van der Waals surface area contributed by atoms with Crippen LogP contribution in [0.1, 0.15) is 58.3 Å². The quantitative estimate of drug-likeness (QED) is 0.645. The molecule has 1 fully saturated rings. The summed E-state index contributed by atoms with van der Waals surface area (Å²) in [5, 5.41) is 10.3. The number of nitrogens with one attached hydrogen (secondary N) is 3. The van der Waals surface area contributed by atoms with Gasteiger partial charge >= 0.3 is 5.97 Å². The van der Waals surface area contributed by atoms with Crippen molar-refractivity contribution in [2.24, 2.45) is 0 Å². The first-order valence-electron chi connectivity index (χ1n) is 9.08. The van der Waals surface area contributed by atoms with Gasteiger partial charge in [-0.15, -0.1) is 0 Å². The highest BCUT2D eigenvalue weighted by Gasteiger charge is 2.11. The van der Waals surface area contributed by atoms with E-state index in [0.717, 1.165) is 58.5 Å². The Labute approximate surface area is 135 Å². The first-order valence-corrected chi connectivity index (χ1v) is 9.08. The lowest BCUT2D eigenvalue weighted by Gasteiger charge is -2.17. The van der Waals surface area contributed by atoms with Crippen LogP contribution in [0.15, 0.2) is 0 Å². The van der Waals surface area contributed by atoms with Crippen LogP contribution in [0, 0.1) is 0 Å². The molecule has 0 aliphatic carbocycles. The molecule has 3 N–H and O–H groups in total. The van der Waals surface area contributed by atoms with Crippen molar-refractivity contribution < 1.29 is 9.53 Å². The van der Waals surface area contributed by atoms with Gasteiger partial charge in [0.15, 0.2) is 0 Å². The Balaban J connectivity index is 2.25. The number of ether oxygens (including phenoxy) is 1. The van der Waals surface area contributed by atoms with Crippen LogP contribution in [0.2, 0.25) is 0 Å². The third kappa shape index (κ3) is 12.0. The Morgan fingerprint density at radius 3 is 1.95 bits per heavy atom. The van der Waals surface area contributed by atoms with Crippen molar-refractivity contribution in [1.82, 2.24) is 16.0 Å². The summed E-state index contributed by atoms with van der Waals surface area (Å²) in [6.45, 7) is 7.59. The number of rotatable bonds is 1. The van der Waals surface area contributed by atoms with Gasteiger partial charge in [-0.05, 0) is 38.8 Å². The van der Waals surface area contributed by atoms with Gasteiger partial charge in [0.2, 0.25) is 0 Å². The first-order chi connectivity index (χ1) is 10.8. The van der Waals surface area contributed by atoms with E-state index in [0.29, 0.717) is 0 Å². The van der Waals surface area contributed by atoms with E-state index in [9.17, 15) is 4.79 Å². The molecule has 5 nitrogen and oxygen atoms in total. The molecule has 22 heavy (non-hydrogen) atoms. The Morgan fingerprint density at radius 1 is 0.727 bits per heavy atom. The lowest BCUT2D eigenvalue weighted by atomic mass is 10.0. The van der Waals surface area contributed by atoms with E-state index < -0.39 is 0 Å². The van der Waals surface area contributed by atoms with Crippen molar-refractivity contribution in [3.8, 4) is 0 Å². The monoisotopic (exact) mass is 313 g/mol. The minimum Gasteiger partial charge on any atom is -0.463 e. The zero-order chi connectivity index (χ0) is 15.9. The third-order valence-electron chi connectivity index (χ3n) is 4.06. The lowest BCUT2D eigenvalue weighted by Crippen LogP contribution is -2.34.